The van der Waals surface area contributed by atoms with Crippen LogP contribution in [0.2, 0.25) is 0 Å². The Bertz CT molecular complexity index is 1200. The number of anilines is 2. The van der Waals surface area contributed by atoms with Crippen LogP contribution in [0.1, 0.15) is 25.6 Å². The topological polar surface area (TPSA) is 124 Å². The molecule has 0 unspecified atom stereocenters. The van der Waals surface area contributed by atoms with Crippen LogP contribution < -0.4 is 10.6 Å². The number of aryl methyl sites for hydroxylation is 1. The van der Waals surface area contributed by atoms with E-state index in [1.54, 1.807) is 12.4 Å². The molecule has 3 aliphatic rings. The van der Waals surface area contributed by atoms with Crippen molar-refractivity contribution in [2.75, 3.05) is 76.3 Å². The number of ether oxygens (including phenoxy) is 2. The number of hydrogen-bond donors (Lipinski definition) is 1. The summed E-state index contributed by atoms with van der Waals surface area (Å²) < 4.78 is 13.4. The van der Waals surface area contributed by atoms with Gasteiger partial charge in [-0.15, -0.1) is 0 Å². The van der Waals surface area contributed by atoms with Gasteiger partial charge < -0.3 is 24.7 Å². The third-order valence-corrected chi connectivity index (χ3v) is 7.70. The van der Waals surface area contributed by atoms with Gasteiger partial charge in [0.2, 0.25) is 5.95 Å². The lowest BCUT2D eigenvalue weighted by Gasteiger charge is -2.40. The third kappa shape index (κ3) is 5.11. The predicted molar refractivity (Wildman–Crippen MR) is 140 cm³/mol. The molecule has 3 saturated heterocycles. The number of piperidine rings is 1. The average molecular weight is 509 g/mol. The summed E-state index contributed by atoms with van der Waals surface area (Å²) in [4.78, 5) is 30.8. The van der Waals surface area contributed by atoms with Crippen LogP contribution in [0.5, 0.6) is 0 Å². The van der Waals surface area contributed by atoms with Crippen LogP contribution in [-0.4, -0.2) is 111 Å². The first-order chi connectivity index (χ1) is 18.2. The standard InChI is InChI=1S/C25H36N10O2/c1-2-35-20(17-32-5-3-19(4-6-32)33-7-11-36-12-8-33)29-21-23(34-9-13-37-14-10-34)30-22(31-24(21)35)18-15-27-25(26)28-16-18/h15-16,19H,2-14,17H2,1H3,(H2,26,27,28). The average Bonchev–Trinajstić information content (AvgIpc) is 3.31. The molecule has 37 heavy (non-hydrogen) atoms. The highest BCUT2D eigenvalue weighted by molar-refractivity contribution is 5.86. The molecule has 12 heteroatoms. The molecule has 3 aromatic rings. The number of aromatic nitrogens is 6. The molecular formula is C25H36N10O2. The second kappa shape index (κ2) is 10.8. The van der Waals surface area contributed by atoms with Gasteiger partial charge in [-0.25, -0.2) is 24.9 Å². The van der Waals surface area contributed by atoms with Gasteiger partial charge in [0.25, 0.3) is 0 Å². The quantitative estimate of drug-likeness (QED) is 0.513. The van der Waals surface area contributed by atoms with E-state index in [1.165, 1.54) is 12.8 Å². The lowest BCUT2D eigenvalue weighted by molar-refractivity contribution is -0.0000296. The van der Waals surface area contributed by atoms with E-state index in [2.05, 4.69) is 36.2 Å². The van der Waals surface area contributed by atoms with E-state index in [0.717, 1.165) is 93.9 Å². The SMILES string of the molecule is CCn1c(CN2CCC(N3CCOCC3)CC2)nc2c(N3CCOCC3)nc(-c3cnc(N)nc3)nc21. The number of hydrogen-bond acceptors (Lipinski definition) is 11. The van der Waals surface area contributed by atoms with Gasteiger partial charge in [-0.2, -0.15) is 0 Å². The first kappa shape index (κ1) is 24.4. The molecule has 0 saturated carbocycles. The maximum atomic E-state index is 5.72. The second-order valence-electron chi connectivity index (χ2n) is 9.90. The van der Waals surface area contributed by atoms with Gasteiger partial charge in [-0.3, -0.25) is 9.80 Å². The Kier molecular flexibility index (Phi) is 7.14. The monoisotopic (exact) mass is 508 g/mol. The van der Waals surface area contributed by atoms with Crippen molar-refractivity contribution in [3.05, 3.63) is 18.2 Å². The van der Waals surface area contributed by atoms with Crippen LogP contribution >= 0.6 is 0 Å². The Morgan fingerprint density at radius 2 is 1.57 bits per heavy atom. The molecule has 6 heterocycles. The Morgan fingerprint density at radius 3 is 2.24 bits per heavy atom. The van der Waals surface area contributed by atoms with E-state index >= 15 is 0 Å². The maximum Gasteiger partial charge on any atom is 0.219 e. The van der Waals surface area contributed by atoms with E-state index in [-0.39, 0.29) is 5.95 Å². The maximum absolute atomic E-state index is 5.72. The van der Waals surface area contributed by atoms with Crippen molar-refractivity contribution in [1.82, 2.24) is 39.3 Å². The fourth-order valence-corrected chi connectivity index (χ4v) is 5.65. The summed E-state index contributed by atoms with van der Waals surface area (Å²) in [7, 11) is 0. The molecule has 2 N–H and O–H groups in total. The Balaban J connectivity index is 1.30. The number of nitrogens with two attached hydrogens (primary N) is 1. The van der Waals surface area contributed by atoms with Crippen molar-refractivity contribution in [2.24, 2.45) is 0 Å². The smallest absolute Gasteiger partial charge is 0.219 e. The van der Waals surface area contributed by atoms with Crippen molar-refractivity contribution in [1.29, 1.82) is 0 Å². The minimum Gasteiger partial charge on any atom is -0.379 e. The summed E-state index contributed by atoms with van der Waals surface area (Å²) >= 11 is 0. The van der Waals surface area contributed by atoms with Crippen molar-refractivity contribution in [3.8, 4) is 11.4 Å². The summed E-state index contributed by atoms with van der Waals surface area (Å²) in [6, 6.07) is 0.661. The zero-order chi connectivity index (χ0) is 25.2. The highest BCUT2D eigenvalue weighted by Crippen LogP contribution is 2.29. The molecule has 0 bridgehead atoms. The van der Waals surface area contributed by atoms with Gasteiger partial charge in [0.1, 0.15) is 5.82 Å². The van der Waals surface area contributed by atoms with Crippen molar-refractivity contribution >= 4 is 22.9 Å². The first-order valence-corrected chi connectivity index (χ1v) is 13.4. The minimum atomic E-state index is 0.233. The summed E-state index contributed by atoms with van der Waals surface area (Å²) in [6.07, 6.45) is 5.73. The van der Waals surface area contributed by atoms with Crippen molar-refractivity contribution < 1.29 is 9.47 Å². The molecule has 0 radical (unpaired) electrons. The summed E-state index contributed by atoms with van der Waals surface area (Å²) in [5.74, 6) is 2.70. The molecule has 0 aliphatic carbocycles. The number of morpholine rings is 2. The van der Waals surface area contributed by atoms with E-state index in [1.807, 2.05) is 0 Å². The highest BCUT2D eigenvalue weighted by atomic mass is 16.5. The van der Waals surface area contributed by atoms with E-state index in [9.17, 15) is 0 Å². The van der Waals surface area contributed by atoms with Crippen LogP contribution in [0, 0.1) is 0 Å². The molecule has 12 nitrogen and oxygen atoms in total. The van der Waals surface area contributed by atoms with Crippen LogP contribution in [0.25, 0.3) is 22.6 Å². The number of likely N-dealkylation sites (tertiary alicyclic amines) is 1. The molecule has 0 spiro atoms. The molecule has 6 rings (SSSR count). The normalized spacial score (nSPS) is 20.6. The highest BCUT2D eigenvalue weighted by Gasteiger charge is 2.28. The number of rotatable bonds is 6. The molecule has 3 fully saturated rings. The fourth-order valence-electron chi connectivity index (χ4n) is 5.65. The molecule has 3 aromatic heterocycles. The number of imidazole rings is 1. The Morgan fingerprint density at radius 1 is 0.892 bits per heavy atom. The fraction of sp³-hybridized carbons (Fsp3) is 0.640. The predicted octanol–water partition coefficient (Wildman–Crippen LogP) is 1.02. The van der Waals surface area contributed by atoms with Crippen LogP contribution in [0.3, 0.4) is 0 Å². The molecule has 0 atom stereocenters. The Labute approximate surface area is 216 Å². The Hall–Kier alpha value is -2.93. The number of fused-ring (bicyclic) bond motifs is 1. The van der Waals surface area contributed by atoms with Crippen molar-refractivity contribution in [3.63, 3.8) is 0 Å². The molecular weight excluding hydrogens is 472 g/mol. The molecule has 198 valence electrons. The third-order valence-electron chi connectivity index (χ3n) is 7.70. The van der Waals surface area contributed by atoms with Crippen molar-refractivity contribution in [2.45, 2.75) is 38.9 Å². The summed E-state index contributed by atoms with van der Waals surface area (Å²) in [5.41, 5.74) is 8.16. The van der Waals surface area contributed by atoms with Gasteiger partial charge in [0.15, 0.2) is 22.8 Å². The van der Waals surface area contributed by atoms with Gasteiger partial charge in [0.05, 0.1) is 38.5 Å². The van der Waals surface area contributed by atoms with Gasteiger partial charge in [-0.05, 0) is 19.8 Å². The zero-order valence-corrected chi connectivity index (χ0v) is 21.6. The molecule has 0 amide bonds. The van der Waals surface area contributed by atoms with E-state index < -0.39 is 0 Å². The first-order valence-electron chi connectivity index (χ1n) is 13.4. The lowest BCUT2D eigenvalue weighted by Crippen LogP contribution is -2.48. The zero-order valence-electron chi connectivity index (χ0n) is 21.6. The lowest BCUT2D eigenvalue weighted by atomic mass is 10.0. The largest absolute Gasteiger partial charge is 0.379 e. The van der Waals surface area contributed by atoms with Crippen LogP contribution in [-0.2, 0) is 22.6 Å². The number of nitrogens with zero attached hydrogens (tertiary/aromatic N) is 9. The summed E-state index contributed by atoms with van der Waals surface area (Å²) in [5, 5.41) is 0. The minimum absolute atomic E-state index is 0.233. The van der Waals surface area contributed by atoms with Gasteiger partial charge in [-0.1, -0.05) is 0 Å². The van der Waals surface area contributed by atoms with Gasteiger partial charge >= 0.3 is 0 Å². The second-order valence-corrected chi connectivity index (χ2v) is 9.90. The molecule has 0 aromatic carbocycles. The molecule has 3 aliphatic heterocycles. The van der Waals surface area contributed by atoms with E-state index in [4.69, 9.17) is 30.2 Å². The summed E-state index contributed by atoms with van der Waals surface area (Å²) in [6.45, 7) is 12.6. The van der Waals surface area contributed by atoms with Gasteiger partial charge in [0, 0.05) is 64.2 Å². The van der Waals surface area contributed by atoms with Crippen LogP contribution in [0.15, 0.2) is 12.4 Å². The number of nitrogen functional groups attached to an aromatic ring is 1. The van der Waals surface area contributed by atoms with Crippen LogP contribution in [0.4, 0.5) is 11.8 Å². The van der Waals surface area contributed by atoms with E-state index in [0.29, 0.717) is 25.1 Å².